The van der Waals surface area contributed by atoms with Crippen molar-refractivity contribution in [2.45, 2.75) is 70.0 Å². The molecule has 0 radical (unpaired) electrons. The van der Waals surface area contributed by atoms with Crippen LogP contribution in [0.3, 0.4) is 0 Å². The minimum absolute atomic E-state index is 0.0656. The predicted molar refractivity (Wildman–Crippen MR) is 80.6 cm³/mol. The number of hydrogen-bond donors (Lipinski definition) is 1. The summed E-state index contributed by atoms with van der Waals surface area (Å²) in [5, 5.41) is 3.57. The minimum atomic E-state index is -0.424. The van der Waals surface area contributed by atoms with Gasteiger partial charge in [0.1, 0.15) is 5.54 Å². The summed E-state index contributed by atoms with van der Waals surface area (Å²) in [6.07, 6.45) is 6.51. The molecule has 2 aliphatic carbocycles. The third-order valence-electron chi connectivity index (χ3n) is 4.80. The number of nitrogens with zero attached hydrogens (tertiary/aromatic N) is 1. The van der Waals surface area contributed by atoms with E-state index in [2.05, 4.69) is 31.1 Å². The SMILES string of the molecule is COC(=O)C1(NC2CC2)CCC(N(C)CCC(C)C)C1. The maximum Gasteiger partial charge on any atom is 0.326 e. The highest BCUT2D eigenvalue weighted by Crippen LogP contribution is 2.37. The fourth-order valence-corrected chi connectivity index (χ4v) is 3.23. The van der Waals surface area contributed by atoms with Crippen molar-refractivity contribution in [1.82, 2.24) is 10.2 Å². The van der Waals surface area contributed by atoms with Crippen LogP contribution in [0, 0.1) is 5.92 Å². The Bertz CT molecular complexity index is 341. The lowest BCUT2D eigenvalue weighted by Crippen LogP contribution is -2.52. The number of rotatable bonds is 7. The van der Waals surface area contributed by atoms with Gasteiger partial charge in [-0.1, -0.05) is 13.8 Å². The van der Waals surface area contributed by atoms with Gasteiger partial charge in [-0.25, -0.2) is 0 Å². The molecule has 2 rings (SSSR count). The molecule has 2 aliphatic rings. The number of carbonyl (C=O) groups excluding carboxylic acids is 1. The van der Waals surface area contributed by atoms with E-state index in [1.807, 2.05) is 0 Å². The number of ether oxygens (including phenoxy) is 1. The average molecular weight is 282 g/mol. The molecule has 0 heterocycles. The van der Waals surface area contributed by atoms with E-state index in [9.17, 15) is 4.79 Å². The van der Waals surface area contributed by atoms with E-state index in [0.717, 1.165) is 31.7 Å². The van der Waals surface area contributed by atoms with Gasteiger partial charge in [0.05, 0.1) is 7.11 Å². The molecular weight excluding hydrogens is 252 g/mol. The second-order valence-electron chi connectivity index (χ2n) is 7.05. The van der Waals surface area contributed by atoms with Crippen molar-refractivity contribution >= 4 is 5.97 Å². The molecule has 0 aromatic heterocycles. The number of esters is 1. The van der Waals surface area contributed by atoms with Gasteiger partial charge in [0.15, 0.2) is 0 Å². The van der Waals surface area contributed by atoms with Crippen LogP contribution >= 0.6 is 0 Å². The molecular formula is C16H30N2O2. The lowest BCUT2D eigenvalue weighted by atomic mass is 9.96. The zero-order valence-corrected chi connectivity index (χ0v) is 13.4. The molecule has 116 valence electrons. The molecule has 0 aromatic carbocycles. The summed E-state index contributed by atoms with van der Waals surface area (Å²) in [5.41, 5.74) is -0.424. The second-order valence-corrected chi connectivity index (χ2v) is 7.05. The summed E-state index contributed by atoms with van der Waals surface area (Å²) in [4.78, 5) is 14.7. The molecule has 0 aromatic rings. The fourth-order valence-electron chi connectivity index (χ4n) is 3.23. The molecule has 4 nitrogen and oxygen atoms in total. The van der Waals surface area contributed by atoms with Gasteiger partial charge in [0, 0.05) is 12.1 Å². The quantitative estimate of drug-likeness (QED) is 0.727. The topological polar surface area (TPSA) is 41.6 Å². The van der Waals surface area contributed by atoms with Crippen molar-refractivity contribution in [3.63, 3.8) is 0 Å². The molecule has 0 bridgehead atoms. The van der Waals surface area contributed by atoms with Crippen molar-refractivity contribution in [3.8, 4) is 0 Å². The van der Waals surface area contributed by atoms with Crippen LogP contribution in [-0.2, 0) is 9.53 Å². The van der Waals surface area contributed by atoms with Gasteiger partial charge >= 0.3 is 5.97 Å². The second kappa shape index (κ2) is 6.44. The molecule has 1 N–H and O–H groups in total. The van der Waals surface area contributed by atoms with E-state index in [4.69, 9.17) is 4.74 Å². The molecule has 0 saturated heterocycles. The van der Waals surface area contributed by atoms with Crippen molar-refractivity contribution in [3.05, 3.63) is 0 Å². The van der Waals surface area contributed by atoms with Crippen LogP contribution in [0.1, 0.15) is 52.4 Å². The maximum absolute atomic E-state index is 12.2. The van der Waals surface area contributed by atoms with E-state index in [1.165, 1.54) is 26.4 Å². The normalized spacial score (nSPS) is 30.2. The van der Waals surface area contributed by atoms with Crippen molar-refractivity contribution < 1.29 is 9.53 Å². The molecule has 0 amide bonds. The highest BCUT2D eigenvalue weighted by atomic mass is 16.5. The van der Waals surface area contributed by atoms with E-state index in [0.29, 0.717) is 12.1 Å². The van der Waals surface area contributed by atoms with Crippen molar-refractivity contribution in [1.29, 1.82) is 0 Å². The number of carbonyl (C=O) groups is 1. The average Bonchev–Trinajstić information content (AvgIpc) is 3.12. The Labute approximate surface area is 123 Å². The molecule has 20 heavy (non-hydrogen) atoms. The Morgan fingerprint density at radius 2 is 2.10 bits per heavy atom. The van der Waals surface area contributed by atoms with Gasteiger partial charge < -0.3 is 9.64 Å². The number of methoxy groups -OCH3 is 1. The third-order valence-corrected chi connectivity index (χ3v) is 4.80. The molecule has 2 fully saturated rings. The summed E-state index contributed by atoms with van der Waals surface area (Å²) in [6.45, 7) is 5.63. The van der Waals surface area contributed by atoms with Crippen LogP contribution < -0.4 is 5.32 Å². The lowest BCUT2D eigenvalue weighted by molar-refractivity contribution is -0.148. The van der Waals surface area contributed by atoms with Crippen LogP contribution in [0.2, 0.25) is 0 Å². The van der Waals surface area contributed by atoms with Gasteiger partial charge in [0.25, 0.3) is 0 Å². The van der Waals surface area contributed by atoms with Gasteiger partial charge in [-0.2, -0.15) is 0 Å². The van der Waals surface area contributed by atoms with Crippen LogP contribution in [0.25, 0.3) is 0 Å². The molecule has 0 aliphatic heterocycles. The zero-order chi connectivity index (χ0) is 14.8. The molecule has 2 atom stereocenters. The van der Waals surface area contributed by atoms with Crippen LogP contribution in [0.5, 0.6) is 0 Å². The van der Waals surface area contributed by atoms with Crippen LogP contribution in [-0.4, -0.2) is 49.2 Å². The van der Waals surface area contributed by atoms with Gasteiger partial charge in [-0.3, -0.25) is 10.1 Å². The van der Waals surface area contributed by atoms with E-state index >= 15 is 0 Å². The molecule has 2 saturated carbocycles. The van der Waals surface area contributed by atoms with Gasteiger partial charge in [0.2, 0.25) is 0 Å². The van der Waals surface area contributed by atoms with Crippen molar-refractivity contribution in [2.75, 3.05) is 20.7 Å². The summed E-state index contributed by atoms with van der Waals surface area (Å²) in [6, 6.07) is 1.04. The summed E-state index contributed by atoms with van der Waals surface area (Å²) < 4.78 is 5.07. The van der Waals surface area contributed by atoms with E-state index in [1.54, 1.807) is 0 Å². The smallest absolute Gasteiger partial charge is 0.326 e. The summed E-state index contributed by atoms with van der Waals surface area (Å²) in [7, 11) is 3.70. The minimum Gasteiger partial charge on any atom is -0.468 e. The van der Waals surface area contributed by atoms with Crippen LogP contribution in [0.15, 0.2) is 0 Å². The Morgan fingerprint density at radius 3 is 2.65 bits per heavy atom. The Balaban J connectivity index is 1.93. The lowest BCUT2D eigenvalue weighted by Gasteiger charge is -2.30. The predicted octanol–water partition coefficient (Wildman–Crippen LogP) is 2.18. The third kappa shape index (κ3) is 3.73. The van der Waals surface area contributed by atoms with E-state index < -0.39 is 5.54 Å². The summed E-state index contributed by atoms with van der Waals surface area (Å²) >= 11 is 0. The zero-order valence-electron chi connectivity index (χ0n) is 13.4. The largest absolute Gasteiger partial charge is 0.468 e. The maximum atomic E-state index is 12.2. The highest BCUT2D eigenvalue weighted by molar-refractivity contribution is 5.81. The van der Waals surface area contributed by atoms with Gasteiger partial charge in [-0.15, -0.1) is 0 Å². The van der Waals surface area contributed by atoms with Gasteiger partial charge in [-0.05, 0) is 58.0 Å². The Kier molecular flexibility index (Phi) is 5.08. The first-order valence-corrected chi connectivity index (χ1v) is 8.03. The Morgan fingerprint density at radius 1 is 1.40 bits per heavy atom. The molecule has 0 spiro atoms. The monoisotopic (exact) mass is 282 g/mol. The van der Waals surface area contributed by atoms with Crippen molar-refractivity contribution in [2.24, 2.45) is 5.92 Å². The van der Waals surface area contributed by atoms with E-state index in [-0.39, 0.29) is 5.97 Å². The highest BCUT2D eigenvalue weighted by Gasteiger charge is 2.49. The number of nitrogens with one attached hydrogen (secondary N) is 1. The first-order chi connectivity index (χ1) is 9.47. The fraction of sp³-hybridized carbons (Fsp3) is 0.938. The first-order valence-electron chi connectivity index (χ1n) is 8.03. The number of hydrogen-bond acceptors (Lipinski definition) is 4. The first kappa shape index (κ1) is 15.8. The molecule has 4 heteroatoms. The molecule has 2 unspecified atom stereocenters. The standard InChI is InChI=1S/C16H30N2O2/c1-12(2)8-10-18(3)14-7-9-16(11-14,15(19)20-4)17-13-5-6-13/h12-14,17H,5-11H2,1-4H3. The summed E-state index contributed by atoms with van der Waals surface area (Å²) in [5.74, 6) is 0.665. The van der Waals surface area contributed by atoms with Crippen LogP contribution in [0.4, 0.5) is 0 Å². The Hall–Kier alpha value is -0.610.